The number of carbonyl (C=O) groups is 1. The molecule has 1 aromatic rings. The molecule has 0 unspecified atom stereocenters. The fourth-order valence-corrected chi connectivity index (χ4v) is 1.80. The molecule has 2 heterocycles. The molecule has 0 aliphatic carbocycles. The molecule has 1 aliphatic heterocycles. The van der Waals surface area contributed by atoms with Gasteiger partial charge >= 0.3 is 11.7 Å². The number of aromatic amines is 2. The number of urea groups is 1. The number of nitrogens with zero attached hydrogens (tertiary/aromatic N) is 1. The summed E-state index contributed by atoms with van der Waals surface area (Å²) in [4.78, 5) is 39.7. The largest absolute Gasteiger partial charge is 0.336 e. The van der Waals surface area contributed by atoms with E-state index >= 15 is 0 Å². The number of hydrogen-bond donors (Lipinski definition) is 3. The molecule has 0 spiro atoms. The van der Waals surface area contributed by atoms with Gasteiger partial charge in [0, 0.05) is 13.1 Å². The van der Waals surface area contributed by atoms with E-state index in [9.17, 15) is 14.4 Å². The molecule has 1 saturated heterocycles. The Morgan fingerprint density at radius 2 is 2.00 bits per heavy atom. The highest BCUT2D eigenvalue weighted by molar-refractivity contribution is 9.10. The predicted molar refractivity (Wildman–Crippen MR) is 59.2 cm³/mol. The monoisotopic (exact) mass is 287 g/mol. The van der Waals surface area contributed by atoms with Crippen molar-refractivity contribution in [2.24, 2.45) is 0 Å². The van der Waals surface area contributed by atoms with Crippen LogP contribution >= 0.6 is 15.9 Å². The molecule has 86 valence electrons. The van der Waals surface area contributed by atoms with E-state index in [2.05, 4.69) is 31.2 Å². The van der Waals surface area contributed by atoms with Crippen LogP contribution in [0.1, 0.15) is 5.69 Å². The Bertz CT molecular complexity index is 535. The Kier molecular flexibility index (Phi) is 2.82. The molecule has 1 fully saturated rings. The molecule has 0 radical (unpaired) electrons. The first-order valence-electron chi connectivity index (χ1n) is 4.61. The van der Waals surface area contributed by atoms with Crippen LogP contribution < -0.4 is 16.6 Å². The summed E-state index contributed by atoms with van der Waals surface area (Å²) < 4.78 is 0.242. The van der Waals surface area contributed by atoms with Crippen molar-refractivity contribution in [3.05, 3.63) is 31.0 Å². The lowest BCUT2D eigenvalue weighted by atomic mass is 10.2. The molecule has 3 N–H and O–H groups in total. The van der Waals surface area contributed by atoms with E-state index in [1.54, 1.807) is 0 Å². The lowest BCUT2D eigenvalue weighted by molar-refractivity contribution is 0.215. The number of halogens is 1. The average molecular weight is 288 g/mol. The molecule has 2 rings (SSSR count). The number of nitrogens with one attached hydrogen (secondary N) is 3. The molecule has 7 nitrogen and oxygen atoms in total. The van der Waals surface area contributed by atoms with E-state index in [-0.39, 0.29) is 17.0 Å². The second-order valence-electron chi connectivity index (χ2n) is 3.35. The third kappa shape index (κ3) is 2.01. The summed E-state index contributed by atoms with van der Waals surface area (Å²) in [5.41, 5.74) is -0.688. The van der Waals surface area contributed by atoms with Crippen LogP contribution in [0.15, 0.2) is 14.1 Å². The van der Waals surface area contributed by atoms with E-state index in [1.807, 2.05) is 0 Å². The number of rotatable bonds is 2. The van der Waals surface area contributed by atoms with Crippen molar-refractivity contribution in [3.8, 4) is 0 Å². The maximum Gasteiger partial charge on any atom is 0.326 e. The normalized spacial score (nSPS) is 15.3. The maximum absolute atomic E-state index is 11.3. The number of H-pyrrole nitrogens is 2. The van der Waals surface area contributed by atoms with Gasteiger partial charge in [-0.05, 0) is 15.9 Å². The smallest absolute Gasteiger partial charge is 0.326 e. The summed E-state index contributed by atoms with van der Waals surface area (Å²) in [6.45, 7) is 1.33. The van der Waals surface area contributed by atoms with Gasteiger partial charge in [0.1, 0.15) is 4.47 Å². The van der Waals surface area contributed by atoms with Crippen LogP contribution in [0, 0.1) is 0 Å². The Morgan fingerprint density at radius 3 is 2.62 bits per heavy atom. The van der Waals surface area contributed by atoms with Crippen molar-refractivity contribution in [1.29, 1.82) is 0 Å². The van der Waals surface area contributed by atoms with Crippen LogP contribution in [0.3, 0.4) is 0 Å². The zero-order chi connectivity index (χ0) is 11.7. The lowest BCUT2D eigenvalue weighted by Crippen LogP contribution is -2.32. The molecule has 0 bridgehead atoms. The van der Waals surface area contributed by atoms with E-state index < -0.39 is 11.2 Å². The van der Waals surface area contributed by atoms with Crippen molar-refractivity contribution >= 4 is 22.0 Å². The standard InChI is InChI=1S/C8H9BrN4O3/c9-5-4(11-7(15)12-6(5)14)3-13-2-1-10-8(13)16/h1-3H2,(H,10,16)(H2,11,12,14,15)/i8-1. The topological polar surface area (TPSA) is 98.1 Å². The highest BCUT2D eigenvalue weighted by Gasteiger charge is 2.21. The fraction of sp³-hybridized carbons (Fsp3) is 0.375. The fourth-order valence-electron chi connectivity index (χ4n) is 1.48. The minimum absolute atomic E-state index is 0.200. The van der Waals surface area contributed by atoms with Crippen molar-refractivity contribution < 1.29 is 4.79 Å². The van der Waals surface area contributed by atoms with Crippen molar-refractivity contribution in [3.63, 3.8) is 0 Å². The Balaban J connectivity index is 2.31. The van der Waals surface area contributed by atoms with Gasteiger partial charge in [0.2, 0.25) is 0 Å². The van der Waals surface area contributed by atoms with E-state index in [0.717, 1.165) is 0 Å². The quantitative estimate of drug-likeness (QED) is 0.674. The molecule has 0 aromatic carbocycles. The van der Waals surface area contributed by atoms with Crippen LogP contribution in [-0.2, 0) is 6.54 Å². The molecular formula is C8H9BrN4O3. The van der Waals surface area contributed by atoms with Crippen LogP contribution in [0.5, 0.6) is 0 Å². The maximum atomic E-state index is 11.3. The summed E-state index contributed by atoms with van der Waals surface area (Å²) in [5, 5.41) is 2.63. The summed E-state index contributed by atoms with van der Waals surface area (Å²) in [6.07, 6.45) is 0. The van der Waals surface area contributed by atoms with Gasteiger partial charge in [-0.15, -0.1) is 0 Å². The third-order valence-electron chi connectivity index (χ3n) is 2.25. The van der Waals surface area contributed by atoms with Crippen molar-refractivity contribution in [1.82, 2.24) is 20.2 Å². The minimum Gasteiger partial charge on any atom is -0.336 e. The minimum atomic E-state index is -0.581. The van der Waals surface area contributed by atoms with Crippen molar-refractivity contribution in [2.75, 3.05) is 13.1 Å². The van der Waals surface area contributed by atoms with Crippen LogP contribution in [0.2, 0.25) is 0 Å². The van der Waals surface area contributed by atoms with Gasteiger partial charge < -0.3 is 15.2 Å². The zero-order valence-electron chi connectivity index (χ0n) is 8.17. The van der Waals surface area contributed by atoms with Gasteiger partial charge in [0.15, 0.2) is 0 Å². The van der Waals surface area contributed by atoms with Crippen LogP contribution in [-0.4, -0.2) is 34.0 Å². The van der Waals surface area contributed by atoms with Gasteiger partial charge in [0.25, 0.3) is 5.56 Å². The number of hydrogen-bond acceptors (Lipinski definition) is 3. The molecule has 1 aromatic heterocycles. The van der Waals surface area contributed by atoms with Crippen molar-refractivity contribution in [2.45, 2.75) is 6.54 Å². The van der Waals surface area contributed by atoms with Gasteiger partial charge in [-0.1, -0.05) is 0 Å². The SMILES string of the molecule is O=c1[nH]c(CN2CCN[11C]2=O)c(Br)c(=O)[nH]1. The molecule has 1 aliphatic rings. The summed E-state index contributed by atoms with van der Waals surface area (Å²) in [6, 6.07) is -0.201. The number of aromatic nitrogens is 2. The Hall–Kier alpha value is -1.57. The highest BCUT2D eigenvalue weighted by Crippen LogP contribution is 2.10. The van der Waals surface area contributed by atoms with E-state index in [4.69, 9.17) is 0 Å². The molecule has 0 atom stereocenters. The van der Waals surface area contributed by atoms with E-state index in [1.165, 1.54) is 4.90 Å². The van der Waals surface area contributed by atoms with Crippen LogP contribution in [0.4, 0.5) is 4.79 Å². The second-order valence-corrected chi connectivity index (χ2v) is 4.15. The third-order valence-corrected chi connectivity index (χ3v) is 3.09. The first-order chi connectivity index (χ1) is 7.58. The van der Waals surface area contributed by atoms with Crippen LogP contribution in [0.25, 0.3) is 0 Å². The van der Waals surface area contributed by atoms with Gasteiger partial charge in [-0.2, -0.15) is 0 Å². The Morgan fingerprint density at radius 1 is 1.25 bits per heavy atom. The van der Waals surface area contributed by atoms with E-state index in [0.29, 0.717) is 18.8 Å². The van der Waals surface area contributed by atoms with Gasteiger partial charge in [-0.3, -0.25) is 9.78 Å². The first kappa shape index (κ1) is 10.9. The van der Waals surface area contributed by atoms with Gasteiger partial charge in [-0.25, -0.2) is 9.59 Å². The number of amides is 2. The molecule has 16 heavy (non-hydrogen) atoms. The van der Waals surface area contributed by atoms with Gasteiger partial charge in [0.05, 0.1) is 12.2 Å². The summed E-state index contributed by atoms with van der Waals surface area (Å²) in [5.74, 6) is 0. The molecule has 0 saturated carbocycles. The average Bonchev–Trinajstić information content (AvgIpc) is 2.60. The summed E-state index contributed by atoms with van der Waals surface area (Å²) in [7, 11) is 0. The Labute approximate surface area is 98.0 Å². The predicted octanol–water partition coefficient (Wildman–Crippen LogP) is -0.649. The first-order valence-corrected chi connectivity index (χ1v) is 5.41. The second kappa shape index (κ2) is 4.12. The lowest BCUT2D eigenvalue weighted by Gasteiger charge is -2.14. The zero-order valence-corrected chi connectivity index (χ0v) is 9.76. The number of carbonyl (C=O) groups excluding carboxylic acids is 1. The highest BCUT2D eigenvalue weighted by atomic mass is 79.9. The molecule has 2 amide bonds. The molecular weight excluding hydrogens is 279 g/mol. The summed E-state index contributed by atoms with van der Waals surface area (Å²) >= 11 is 3.07. The molecule has 8 heteroatoms.